The van der Waals surface area contributed by atoms with Crippen LogP contribution < -0.4 is 10.2 Å². The molecule has 4 rings (SSSR count). The van der Waals surface area contributed by atoms with Crippen molar-refractivity contribution in [3.63, 3.8) is 0 Å². The maximum absolute atomic E-state index is 12.5. The van der Waals surface area contributed by atoms with Gasteiger partial charge < -0.3 is 10.2 Å². The number of hydrogen-bond donors (Lipinski definition) is 1. The minimum atomic E-state index is -0.113. The normalized spacial score (nSPS) is 16.7. The molecule has 3 aromatic carbocycles. The third-order valence-electron chi connectivity index (χ3n) is 4.91. The van der Waals surface area contributed by atoms with Crippen LogP contribution >= 0.6 is 11.6 Å². The third kappa shape index (κ3) is 3.81. The van der Waals surface area contributed by atoms with Gasteiger partial charge in [0.2, 0.25) is 5.91 Å². The van der Waals surface area contributed by atoms with Crippen LogP contribution in [0, 0.1) is 5.92 Å². The zero-order chi connectivity index (χ0) is 18.8. The number of anilines is 1. The van der Waals surface area contributed by atoms with E-state index in [1.807, 2.05) is 54.6 Å². The van der Waals surface area contributed by atoms with Crippen molar-refractivity contribution in [2.45, 2.75) is 6.42 Å². The highest BCUT2D eigenvalue weighted by atomic mass is 35.5. The standard InChI is InChI=1S/C22H19ClN2O2/c23-19-7-9-20(10-8-19)25-14-15(11-21(25)26)13-24-22(27)18-6-5-16-3-1-2-4-17(16)12-18/h1-10,12,15H,11,13-14H2,(H,24,27). The summed E-state index contributed by atoms with van der Waals surface area (Å²) >= 11 is 5.91. The monoisotopic (exact) mass is 378 g/mol. The van der Waals surface area contributed by atoms with Crippen molar-refractivity contribution in [2.75, 3.05) is 18.0 Å². The smallest absolute Gasteiger partial charge is 0.251 e. The zero-order valence-corrected chi connectivity index (χ0v) is 15.4. The van der Waals surface area contributed by atoms with Crippen molar-refractivity contribution < 1.29 is 9.59 Å². The fraction of sp³-hybridized carbons (Fsp3) is 0.182. The van der Waals surface area contributed by atoms with Crippen LogP contribution in [0.15, 0.2) is 66.7 Å². The molecule has 1 heterocycles. The van der Waals surface area contributed by atoms with Gasteiger partial charge in [-0.3, -0.25) is 9.59 Å². The Morgan fingerprint density at radius 1 is 1.04 bits per heavy atom. The van der Waals surface area contributed by atoms with Gasteiger partial charge in [-0.05, 0) is 47.2 Å². The Morgan fingerprint density at radius 3 is 2.56 bits per heavy atom. The summed E-state index contributed by atoms with van der Waals surface area (Å²) in [6.07, 6.45) is 0.431. The van der Waals surface area contributed by atoms with Crippen LogP contribution in [0.3, 0.4) is 0 Å². The number of rotatable bonds is 4. The fourth-order valence-electron chi connectivity index (χ4n) is 3.46. The molecule has 0 bridgehead atoms. The summed E-state index contributed by atoms with van der Waals surface area (Å²) in [4.78, 5) is 26.6. The average Bonchev–Trinajstić information content (AvgIpc) is 3.07. The van der Waals surface area contributed by atoms with Gasteiger partial charge in [-0.2, -0.15) is 0 Å². The summed E-state index contributed by atoms with van der Waals surface area (Å²) in [6.45, 7) is 1.07. The topological polar surface area (TPSA) is 49.4 Å². The SMILES string of the molecule is O=C(NCC1CC(=O)N(c2ccc(Cl)cc2)C1)c1ccc2ccccc2c1. The Hall–Kier alpha value is -2.85. The molecule has 1 saturated heterocycles. The number of hydrogen-bond acceptors (Lipinski definition) is 2. The molecule has 5 heteroatoms. The molecule has 0 aromatic heterocycles. The summed E-state index contributed by atoms with van der Waals surface area (Å²) in [6, 6.07) is 20.9. The van der Waals surface area contributed by atoms with E-state index in [2.05, 4.69) is 5.32 Å². The Kier molecular flexibility index (Phi) is 4.82. The van der Waals surface area contributed by atoms with Crippen molar-refractivity contribution in [1.29, 1.82) is 0 Å². The minimum Gasteiger partial charge on any atom is -0.352 e. The fourth-order valence-corrected chi connectivity index (χ4v) is 3.58. The van der Waals surface area contributed by atoms with Crippen molar-refractivity contribution in [3.05, 3.63) is 77.3 Å². The van der Waals surface area contributed by atoms with Crippen LogP contribution in [0.5, 0.6) is 0 Å². The molecule has 0 saturated carbocycles. The second-order valence-electron chi connectivity index (χ2n) is 6.82. The van der Waals surface area contributed by atoms with E-state index in [4.69, 9.17) is 11.6 Å². The molecule has 0 radical (unpaired) electrons. The Morgan fingerprint density at radius 2 is 1.78 bits per heavy atom. The summed E-state index contributed by atoms with van der Waals surface area (Å²) in [5.74, 6) is 0.0537. The molecule has 3 aromatic rings. The Bertz CT molecular complexity index is 1000. The second-order valence-corrected chi connectivity index (χ2v) is 7.26. The summed E-state index contributed by atoms with van der Waals surface area (Å²) in [7, 11) is 0. The van der Waals surface area contributed by atoms with E-state index >= 15 is 0 Å². The van der Waals surface area contributed by atoms with Crippen molar-refractivity contribution in [2.24, 2.45) is 5.92 Å². The van der Waals surface area contributed by atoms with Gasteiger partial charge in [-0.25, -0.2) is 0 Å². The van der Waals surface area contributed by atoms with Crippen molar-refractivity contribution in [1.82, 2.24) is 5.32 Å². The third-order valence-corrected chi connectivity index (χ3v) is 5.16. The molecular formula is C22H19ClN2O2. The Balaban J connectivity index is 1.39. The molecule has 2 amide bonds. The summed E-state index contributed by atoms with van der Waals surface area (Å²) in [5.41, 5.74) is 1.47. The highest BCUT2D eigenvalue weighted by molar-refractivity contribution is 6.30. The predicted octanol–water partition coefficient (Wildman–Crippen LogP) is 4.28. The highest BCUT2D eigenvalue weighted by Crippen LogP contribution is 2.26. The maximum atomic E-state index is 12.5. The molecule has 1 fully saturated rings. The van der Waals surface area contributed by atoms with Gasteiger partial charge in [0.05, 0.1) is 0 Å². The summed E-state index contributed by atoms with van der Waals surface area (Å²) < 4.78 is 0. The number of amides is 2. The first-order valence-corrected chi connectivity index (χ1v) is 9.31. The molecule has 1 unspecified atom stereocenters. The zero-order valence-electron chi connectivity index (χ0n) is 14.7. The maximum Gasteiger partial charge on any atom is 0.251 e. The van der Waals surface area contributed by atoms with Crippen LogP contribution in [-0.4, -0.2) is 24.9 Å². The number of fused-ring (bicyclic) bond motifs is 1. The van der Waals surface area contributed by atoms with Gasteiger partial charge in [0.1, 0.15) is 0 Å². The van der Waals surface area contributed by atoms with Gasteiger partial charge in [0, 0.05) is 41.7 Å². The number of benzene rings is 3. The molecule has 27 heavy (non-hydrogen) atoms. The molecule has 1 aliphatic rings. The first-order chi connectivity index (χ1) is 13.1. The lowest BCUT2D eigenvalue weighted by Crippen LogP contribution is -2.31. The second kappa shape index (κ2) is 7.41. The number of halogens is 1. The van der Waals surface area contributed by atoms with Crippen LogP contribution in [0.2, 0.25) is 5.02 Å². The number of nitrogens with zero attached hydrogens (tertiary/aromatic N) is 1. The first kappa shape index (κ1) is 17.6. The van der Waals surface area contributed by atoms with E-state index in [0.29, 0.717) is 30.1 Å². The van der Waals surface area contributed by atoms with Crippen LogP contribution in [0.1, 0.15) is 16.8 Å². The Labute approximate surface area is 162 Å². The van der Waals surface area contributed by atoms with Crippen molar-refractivity contribution in [3.8, 4) is 0 Å². The molecule has 1 N–H and O–H groups in total. The van der Waals surface area contributed by atoms with E-state index in [-0.39, 0.29) is 17.7 Å². The van der Waals surface area contributed by atoms with Crippen LogP contribution in [0.25, 0.3) is 10.8 Å². The first-order valence-electron chi connectivity index (χ1n) is 8.93. The molecule has 0 spiro atoms. The van der Waals surface area contributed by atoms with Crippen LogP contribution in [-0.2, 0) is 4.79 Å². The minimum absolute atomic E-state index is 0.0716. The molecule has 1 aliphatic heterocycles. The highest BCUT2D eigenvalue weighted by Gasteiger charge is 2.30. The number of carbonyl (C=O) groups is 2. The number of nitrogens with one attached hydrogen (secondary N) is 1. The van der Waals surface area contributed by atoms with Gasteiger partial charge >= 0.3 is 0 Å². The lowest BCUT2D eigenvalue weighted by Gasteiger charge is -2.17. The lowest BCUT2D eigenvalue weighted by atomic mass is 10.1. The molecule has 136 valence electrons. The summed E-state index contributed by atoms with van der Waals surface area (Å²) in [5, 5.41) is 5.75. The molecule has 4 nitrogen and oxygen atoms in total. The van der Waals surface area contributed by atoms with Gasteiger partial charge in [0.15, 0.2) is 0 Å². The molecule has 0 aliphatic carbocycles. The van der Waals surface area contributed by atoms with Crippen molar-refractivity contribution >= 4 is 39.9 Å². The van der Waals surface area contributed by atoms with E-state index in [9.17, 15) is 9.59 Å². The molecular weight excluding hydrogens is 360 g/mol. The molecule has 1 atom stereocenters. The van der Waals surface area contributed by atoms with Gasteiger partial charge in [0.25, 0.3) is 5.91 Å². The van der Waals surface area contributed by atoms with Gasteiger partial charge in [-0.15, -0.1) is 0 Å². The lowest BCUT2D eigenvalue weighted by molar-refractivity contribution is -0.117. The predicted molar refractivity (Wildman–Crippen MR) is 108 cm³/mol. The van der Waals surface area contributed by atoms with Gasteiger partial charge in [-0.1, -0.05) is 41.9 Å². The van der Waals surface area contributed by atoms with E-state index in [1.165, 1.54) is 0 Å². The van der Waals surface area contributed by atoms with E-state index < -0.39 is 0 Å². The van der Waals surface area contributed by atoms with E-state index in [1.54, 1.807) is 17.0 Å². The average molecular weight is 379 g/mol. The largest absolute Gasteiger partial charge is 0.352 e. The number of carbonyl (C=O) groups excluding carboxylic acids is 2. The quantitative estimate of drug-likeness (QED) is 0.736. The van der Waals surface area contributed by atoms with E-state index in [0.717, 1.165) is 16.5 Å². The van der Waals surface area contributed by atoms with Crippen LogP contribution in [0.4, 0.5) is 5.69 Å².